The Labute approximate surface area is 66.8 Å². The van der Waals surface area contributed by atoms with Gasteiger partial charge in [-0.2, -0.15) is 0 Å². The average molecular weight is 156 g/mol. The van der Waals surface area contributed by atoms with Gasteiger partial charge < -0.3 is 10.4 Å². The number of amides is 1. The van der Waals surface area contributed by atoms with Crippen LogP contribution in [-0.4, -0.2) is 24.2 Å². The molecule has 0 spiro atoms. The van der Waals surface area contributed by atoms with Crippen molar-refractivity contribution >= 4 is 5.91 Å². The number of aliphatic hydroxyl groups is 1. The number of carbonyl (C=O) groups excluding carboxylic acids is 1. The summed E-state index contributed by atoms with van der Waals surface area (Å²) in [6.07, 6.45) is 4.15. The predicted molar refractivity (Wildman–Crippen MR) is 41.7 cm³/mol. The first-order chi connectivity index (χ1) is 5.25. The molecule has 11 heavy (non-hydrogen) atoms. The van der Waals surface area contributed by atoms with Crippen molar-refractivity contribution in [2.24, 2.45) is 5.92 Å². The molecule has 2 atom stereocenters. The average Bonchev–Trinajstić information content (AvgIpc) is 2.53. The maximum Gasteiger partial charge on any atom is 0.248 e. The summed E-state index contributed by atoms with van der Waals surface area (Å²) >= 11 is 0. The Bertz CT molecular complexity index is 141. The number of likely N-dealkylation sites (N-methyl/N-ethyl adjacent to an activating group) is 1. The Morgan fingerprint density at radius 1 is 1.82 bits per heavy atom. The van der Waals surface area contributed by atoms with Crippen molar-refractivity contribution in [1.82, 2.24) is 5.32 Å². The normalized spacial score (nSPS) is 21.6. The molecule has 1 radical (unpaired) electrons. The fourth-order valence-electron chi connectivity index (χ4n) is 1.43. The summed E-state index contributed by atoms with van der Waals surface area (Å²) < 4.78 is 0. The minimum absolute atomic E-state index is 0.148. The Morgan fingerprint density at radius 2 is 2.55 bits per heavy atom. The van der Waals surface area contributed by atoms with E-state index in [-0.39, 0.29) is 11.8 Å². The van der Waals surface area contributed by atoms with Gasteiger partial charge in [-0.1, -0.05) is 0 Å². The van der Waals surface area contributed by atoms with Crippen molar-refractivity contribution in [2.75, 3.05) is 7.05 Å². The monoisotopic (exact) mass is 156 g/mol. The van der Waals surface area contributed by atoms with E-state index in [4.69, 9.17) is 0 Å². The number of nitrogens with one attached hydrogen (secondary N) is 1. The highest BCUT2D eigenvalue weighted by Gasteiger charge is 2.27. The molecule has 2 unspecified atom stereocenters. The van der Waals surface area contributed by atoms with Crippen LogP contribution in [0.5, 0.6) is 0 Å². The van der Waals surface area contributed by atoms with E-state index in [1.165, 1.54) is 0 Å². The Balaban J connectivity index is 2.39. The quantitative estimate of drug-likeness (QED) is 0.595. The topological polar surface area (TPSA) is 49.3 Å². The molecule has 1 saturated carbocycles. The number of carbonyl (C=O) groups is 1. The molecule has 3 nitrogen and oxygen atoms in total. The van der Waals surface area contributed by atoms with Crippen LogP contribution in [0.2, 0.25) is 0 Å². The third kappa shape index (κ3) is 1.93. The molecule has 0 bridgehead atoms. The lowest BCUT2D eigenvalue weighted by Gasteiger charge is -2.14. The molecule has 0 aromatic heterocycles. The second-order valence-electron chi connectivity index (χ2n) is 2.92. The third-order valence-electron chi connectivity index (χ3n) is 2.17. The molecular formula is C8H14NO2. The second-order valence-corrected chi connectivity index (χ2v) is 2.92. The molecular weight excluding hydrogens is 142 g/mol. The van der Waals surface area contributed by atoms with Crippen molar-refractivity contribution < 1.29 is 9.90 Å². The Kier molecular flexibility index (Phi) is 2.88. The molecule has 3 heteroatoms. The Hall–Kier alpha value is -0.570. The van der Waals surface area contributed by atoms with Crippen LogP contribution in [0.1, 0.15) is 19.3 Å². The van der Waals surface area contributed by atoms with Gasteiger partial charge >= 0.3 is 0 Å². The van der Waals surface area contributed by atoms with Gasteiger partial charge in [-0.15, -0.1) is 0 Å². The zero-order valence-corrected chi connectivity index (χ0v) is 6.71. The van der Waals surface area contributed by atoms with Gasteiger partial charge in [-0.05, 0) is 31.6 Å². The standard InChI is InChI=1S/C8H14NO2/c1-9-8(11)7(10)6-4-2-3-5-6/h2,6-7,10H,3-5H2,1H3,(H,9,11). The van der Waals surface area contributed by atoms with E-state index >= 15 is 0 Å². The van der Waals surface area contributed by atoms with E-state index < -0.39 is 6.10 Å². The van der Waals surface area contributed by atoms with Gasteiger partial charge in [0.05, 0.1) is 0 Å². The van der Waals surface area contributed by atoms with Crippen molar-refractivity contribution in [1.29, 1.82) is 0 Å². The molecule has 0 aromatic carbocycles. The van der Waals surface area contributed by atoms with Crippen LogP contribution in [0.3, 0.4) is 0 Å². The molecule has 1 amide bonds. The highest BCUT2D eigenvalue weighted by atomic mass is 16.3. The molecule has 63 valence electrons. The van der Waals surface area contributed by atoms with Gasteiger partial charge in [0.25, 0.3) is 0 Å². The maximum atomic E-state index is 10.9. The molecule has 2 N–H and O–H groups in total. The number of hydrogen-bond donors (Lipinski definition) is 2. The smallest absolute Gasteiger partial charge is 0.248 e. The lowest BCUT2D eigenvalue weighted by molar-refractivity contribution is -0.131. The van der Waals surface area contributed by atoms with Gasteiger partial charge in [0.1, 0.15) is 6.10 Å². The van der Waals surface area contributed by atoms with E-state index in [2.05, 4.69) is 11.7 Å². The predicted octanol–water partition coefficient (Wildman–Crippen LogP) is 0.0977. The van der Waals surface area contributed by atoms with Gasteiger partial charge in [-0.25, -0.2) is 0 Å². The largest absolute Gasteiger partial charge is 0.383 e. The van der Waals surface area contributed by atoms with E-state index in [0.717, 1.165) is 19.3 Å². The second kappa shape index (κ2) is 3.72. The van der Waals surface area contributed by atoms with Crippen LogP contribution in [-0.2, 0) is 4.79 Å². The minimum Gasteiger partial charge on any atom is -0.383 e. The summed E-state index contributed by atoms with van der Waals surface area (Å²) in [6, 6.07) is 0. The first-order valence-electron chi connectivity index (χ1n) is 3.97. The van der Waals surface area contributed by atoms with Gasteiger partial charge in [-0.3, -0.25) is 4.79 Å². The molecule has 1 aliphatic rings. The van der Waals surface area contributed by atoms with Crippen molar-refractivity contribution in [2.45, 2.75) is 25.4 Å². The van der Waals surface area contributed by atoms with E-state index in [1.54, 1.807) is 7.05 Å². The Morgan fingerprint density at radius 3 is 3.00 bits per heavy atom. The van der Waals surface area contributed by atoms with Crippen molar-refractivity contribution in [3.63, 3.8) is 0 Å². The lowest BCUT2D eigenvalue weighted by Crippen LogP contribution is -2.36. The third-order valence-corrected chi connectivity index (χ3v) is 2.17. The molecule has 0 aliphatic heterocycles. The van der Waals surface area contributed by atoms with Crippen LogP contribution in [0.25, 0.3) is 0 Å². The van der Waals surface area contributed by atoms with Crippen LogP contribution in [0, 0.1) is 12.3 Å². The van der Waals surface area contributed by atoms with Gasteiger partial charge in [0.15, 0.2) is 0 Å². The highest BCUT2D eigenvalue weighted by Crippen LogP contribution is 2.26. The summed E-state index contributed by atoms with van der Waals surface area (Å²) in [4.78, 5) is 10.9. The maximum absolute atomic E-state index is 10.9. The van der Waals surface area contributed by atoms with Crippen LogP contribution < -0.4 is 5.32 Å². The molecule has 1 aliphatic carbocycles. The minimum atomic E-state index is -0.807. The molecule has 0 aromatic rings. The van der Waals surface area contributed by atoms with E-state index in [0.29, 0.717) is 0 Å². The van der Waals surface area contributed by atoms with Gasteiger partial charge in [0, 0.05) is 7.05 Å². The first kappa shape index (κ1) is 8.53. The number of rotatable bonds is 2. The fourth-order valence-corrected chi connectivity index (χ4v) is 1.43. The molecule has 1 fully saturated rings. The van der Waals surface area contributed by atoms with E-state index in [1.807, 2.05) is 0 Å². The highest BCUT2D eigenvalue weighted by molar-refractivity contribution is 5.80. The SMILES string of the molecule is CNC(=O)C(O)C1C[CH]CC1. The zero-order chi connectivity index (χ0) is 8.27. The van der Waals surface area contributed by atoms with Crippen molar-refractivity contribution in [3.05, 3.63) is 6.42 Å². The summed E-state index contributed by atoms with van der Waals surface area (Å²) in [5.74, 6) is -0.111. The number of hydrogen-bond acceptors (Lipinski definition) is 2. The lowest BCUT2D eigenvalue weighted by atomic mass is 10.0. The summed E-state index contributed by atoms with van der Waals surface area (Å²) in [5, 5.41) is 11.8. The van der Waals surface area contributed by atoms with Crippen LogP contribution in [0.15, 0.2) is 0 Å². The number of aliphatic hydroxyl groups excluding tert-OH is 1. The fraction of sp³-hybridized carbons (Fsp3) is 0.750. The van der Waals surface area contributed by atoms with Crippen molar-refractivity contribution in [3.8, 4) is 0 Å². The molecule has 0 saturated heterocycles. The summed E-state index contributed by atoms with van der Waals surface area (Å²) in [7, 11) is 1.55. The van der Waals surface area contributed by atoms with E-state index in [9.17, 15) is 9.90 Å². The van der Waals surface area contributed by atoms with Crippen LogP contribution >= 0.6 is 0 Å². The van der Waals surface area contributed by atoms with Gasteiger partial charge in [0.2, 0.25) is 5.91 Å². The molecule has 1 rings (SSSR count). The molecule has 0 heterocycles. The first-order valence-corrected chi connectivity index (χ1v) is 3.97. The summed E-state index contributed by atoms with van der Waals surface area (Å²) in [5.41, 5.74) is 0. The summed E-state index contributed by atoms with van der Waals surface area (Å²) in [6.45, 7) is 0. The van der Waals surface area contributed by atoms with Crippen LogP contribution in [0.4, 0.5) is 0 Å². The zero-order valence-electron chi connectivity index (χ0n) is 6.71.